The Morgan fingerprint density at radius 3 is 1.87 bits per heavy atom. The predicted octanol–water partition coefficient (Wildman–Crippen LogP) is 7.63. The SMILES string of the molecule is CCCCCCCCCCCCc1csc(C(SCCC(=O)O)SCCC(=O)O)c1. The summed E-state index contributed by atoms with van der Waals surface area (Å²) in [6, 6.07) is 2.24. The van der Waals surface area contributed by atoms with Crippen LogP contribution in [0.3, 0.4) is 0 Å². The van der Waals surface area contributed by atoms with E-state index in [9.17, 15) is 9.59 Å². The molecule has 0 saturated carbocycles. The van der Waals surface area contributed by atoms with Crippen molar-refractivity contribution in [2.45, 2.75) is 95.0 Å². The molecule has 2 N–H and O–H groups in total. The number of thioether (sulfide) groups is 2. The summed E-state index contributed by atoms with van der Waals surface area (Å²) in [5.41, 5.74) is 1.36. The molecule has 0 unspecified atom stereocenters. The second-order valence-electron chi connectivity index (χ2n) is 7.65. The van der Waals surface area contributed by atoms with Gasteiger partial charge in [-0.05, 0) is 29.9 Å². The first kappa shape index (κ1) is 27.4. The van der Waals surface area contributed by atoms with Crippen LogP contribution in [0.25, 0.3) is 0 Å². The van der Waals surface area contributed by atoms with Crippen LogP contribution in [0.5, 0.6) is 0 Å². The van der Waals surface area contributed by atoms with E-state index in [0.717, 1.165) is 6.42 Å². The Balaban J connectivity index is 2.30. The largest absolute Gasteiger partial charge is 0.481 e. The van der Waals surface area contributed by atoms with Gasteiger partial charge in [0.2, 0.25) is 0 Å². The summed E-state index contributed by atoms with van der Waals surface area (Å²) < 4.78 is 0.121. The van der Waals surface area contributed by atoms with E-state index >= 15 is 0 Å². The molecule has 0 aromatic carbocycles. The van der Waals surface area contributed by atoms with E-state index in [4.69, 9.17) is 10.2 Å². The monoisotopic (exact) mass is 474 g/mol. The molecule has 0 radical (unpaired) electrons. The van der Waals surface area contributed by atoms with E-state index in [1.165, 1.54) is 74.6 Å². The fourth-order valence-electron chi connectivity index (χ4n) is 3.18. The highest BCUT2D eigenvalue weighted by Crippen LogP contribution is 2.43. The van der Waals surface area contributed by atoms with Gasteiger partial charge in [-0.3, -0.25) is 9.59 Å². The van der Waals surface area contributed by atoms with Crippen molar-refractivity contribution in [3.8, 4) is 0 Å². The van der Waals surface area contributed by atoms with Gasteiger partial charge in [-0.2, -0.15) is 0 Å². The lowest BCUT2D eigenvalue weighted by Gasteiger charge is -2.13. The topological polar surface area (TPSA) is 74.6 Å². The number of carboxylic acid groups (broad SMARTS) is 2. The van der Waals surface area contributed by atoms with Gasteiger partial charge in [0.05, 0.1) is 17.4 Å². The van der Waals surface area contributed by atoms with Crippen molar-refractivity contribution in [2.75, 3.05) is 11.5 Å². The highest BCUT2D eigenvalue weighted by Gasteiger charge is 2.16. The fourth-order valence-corrected chi connectivity index (χ4v) is 7.17. The number of thiophene rings is 1. The van der Waals surface area contributed by atoms with E-state index in [-0.39, 0.29) is 17.4 Å². The van der Waals surface area contributed by atoms with E-state index in [0.29, 0.717) is 11.5 Å². The maximum atomic E-state index is 10.8. The third-order valence-electron chi connectivity index (χ3n) is 4.90. The summed E-state index contributed by atoms with van der Waals surface area (Å²) in [5, 5.41) is 20.0. The minimum Gasteiger partial charge on any atom is -0.481 e. The van der Waals surface area contributed by atoms with E-state index in [1.807, 2.05) is 0 Å². The number of unbranched alkanes of at least 4 members (excludes halogenated alkanes) is 9. The van der Waals surface area contributed by atoms with Crippen LogP contribution in [0.4, 0.5) is 0 Å². The predicted molar refractivity (Wildman–Crippen MR) is 132 cm³/mol. The maximum absolute atomic E-state index is 10.8. The summed E-state index contributed by atoms with van der Waals surface area (Å²) in [5.74, 6) is -0.480. The summed E-state index contributed by atoms with van der Waals surface area (Å²) in [7, 11) is 0. The zero-order valence-electron chi connectivity index (χ0n) is 18.3. The molecular formula is C23H38O4S3. The number of carbonyl (C=O) groups is 2. The number of carboxylic acids is 2. The van der Waals surface area contributed by atoms with E-state index < -0.39 is 11.9 Å². The molecule has 30 heavy (non-hydrogen) atoms. The van der Waals surface area contributed by atoms with Gasteiger partial charge in [0, 0.05) is 16.4 Å². The van der Waals surface area contributed by atoms with Crippen LogP contribution in [0.15, 0.2) is 11.4 Å². The fraction of sp³-hybridized carbons (Fsp3) is 0.739. The van der Waals surface area contributed by atoms with Crippen LogP contribution in [0.2, 0.25) is 0 Å². The lowest BCUT2D eigenvalue weighted by atomic mass is 10.0. The Hall–Kier alpha value is -0.660. The van der Waals surface area contributed by atoms with Crippen molar-refractivity contribution in [3.63, 3.8) is 0 Å². The molecule has 1 heterocycles. The van der Waals surface area contributed by atoms with Crippen LogP contribution in [0.1, 0.15) is 99.0 Å². The van der Waals surface area contributed by atoms with Gasteiger partial charge in [-0.25, -0.2) is 0 Å². The van der Waals surface area contributed by atoms with Gasteiger partial charge >= 0.3 is 11.9 Å². The molecular weight excluding hydrogens is 436 g/mol. The van der Waals surface area contributed by atoms with Gasteiger partial charge in [0.15, 0.2) is 0 Å². The molecule has 0 spiro atoms. The van der Waals surface area contributed by atoms with Crippen molar-refractivity contribution < 1.29 is 19.8 Å². The lowest BCUT2D eigenvalue weighted by Crippen LogP contribution is -2.00. The Kier molecular flexibility index (Phi) is 16.4. The minimum absolute atomic E-state index is 0.121. The third-order valence-corrected chi connectivity index (χ3v) is 9.05. The smallest absolute Gasteiger partial charge is 0.304 e. The quantitative estimate of drug-likeness (QED) is 0.149. The van der Waals surface area contributed by atoms with Crippen LogP contribution in [-0.2, 0) is 16.0 Å². The van der Waals surface area contributed by atoms with Crippen molar-refractivity contribution in [1.82, 2.24) is 0 Å². The molecule has 0 bridgehead atoms. The second kappa shape index (κ2) is 18.0. The van der Waals surface area contributed by atoms with Crippen LogP contribution in [-0.4, -0.2) is 33.7 Å². The maximum Gasteiger partial charge on any atom is 0.304 e. The number of aryl methyl sites for hydroxylation is 1. The van der Waals surface area contributed by atoms with Crippen molar-refractivity contribution in [1.29, 1.82) is 0 Å². The molecule has 0 fully saturated rings. The number of rotatable bonds is 20. The zero-order chi connectivity index (χ0) is 22.0. The highest BCUT2D eigenvalue weighted by molar-refractivity contribution is 8.16. The molecule has 0 amide bonds. The minimum atomic E-state index is -0.787. The first-order valence-corrected chi connectivity index (χ1v) is 14.2. The van der Waals surface area contributed by atoms with Crippen LogP contribution >= 0.6 is 34.9 Å². The molecule has 0 aliphatic heterocycles. The molecule has 4 nitrogen and oxygen atoms in total. The Labute approximate surface area is 194 Å². The summed E-state index contributed by atoms with van der Waals surface area (Å²) in [6.45, 7) is 2.26. The van der Waals surface area contributed by atoms with Gasteiger partial charge in [-0.15, -0.1) is 34.9 Å². The molecule has 1 aromatic heterocycles. The Bertz CT molecular complexity index is 569. The number of hydrogen-bond donors (Lipinski definition) is 2. The zero-order valence-corrected chi connectivity index (χ0v) is 20.7. The Morgan fingerprint density at radius 1 is 0.867 bits per heavy atom. The van der Waals surface area contributed by atoms with Crippen molar-refractivity contribution in [3.05, 3.63) is 21.9 Å². The van der Waals surface area contributed by atoms with E-state index in [1.54, 1.807) is 34.9 Å². The van der Waals surface area contributed by atoms with Gasteiger partial charge < -0.3 is 10.2 Å². The molecule has 0 saturated heterocycles. The third kappa shape index (κ3) is 14.4. The molecule has 0 atom stereocenters. The standard InChI is InChI=1S/C23H38O4S3/c1-2-3-4-5-6-7-8-9-10-11-12-19-17-20(30-18-19)23(28-15-13-21(24)25)29-16-14-22(26)27/h17-18,23H,2-16H2,1H3,(H,24,25)(H,26,27). The van der Waals surface area contributed by atoms with E-state index in [2.05, 4.69) is 18.4 Å². The van der Waals surface area contributed by atoms with Crippen molar-refractivity contribution in [2.24, 2.45) is 0 Å². The van der Waals surface area contributed by atoms with Gasteiger partial charge in [0.25, 0.3) is 0 Å². The van der Waals surface area contributed by atoms with Crippen LogP contribution < -0.4 is 0 Å². The second-order valence-corrected chi connectivity index (χ2v) is 11.3. The number of aliphatic carboxylic acids is 2. The molecule has 1 aromatic rings. The summed E-state index contributed by atoms with van der Waals surface area (Å²) in [6.07, 6.45) is 14.8. The Morgan fingerprint density at radius 2 is 1.37 bits per heavy atom. The summed E-state index contributed by atoms with van der Waals surface area (Å²) >= 11 is 4.94. The number of hydrogen-bond acceptors (Lipinski definition) is 5. The molecule has 0 aliphatic carbocycles. The molecule has 1 rings (SSSR count). The first-order valence-electron chi connectivity index (χ1n) is 11.3. The average Bonchev–Trinajstić information content (AvgIpc) is 3.16. The van der Waals surface area contributed by atoms with Gasteiger partial charge in [0.1, 0.15) is 0 Å². The summed E-state index contributed by atoms with van der Waals surface area (Å²) in [4.78, 5) is 22.8. The molecule has 172 valence electrons. The molecule has 0 aliphatic rings. The lowest BCUT2D eigenvalue weighted by molar-refractivity contribution is -0.137. The van der Waals surface area contributed by atoms with Crippen molar-refractivity contribution >= 4 is 46.8 Å². The normalized spacial score (nSPS) is 11.3. The van der Waals surface area contributed by atoms with Crippen LogP contribution in [0, 0.1) is 0 Å². The van der Waals surface area contributed by atoms with Gasteiger partial charge in [-0.1, -0.05) is 64.7 Å². The first-order chi connectivity index (χ1) is 14.5. The molecule has 7 heteroatoms. The highest BCUT2D eigenvalue weighted by atomic mass is 32.2. The average molecular weight is 475 g/mol.